The minimum absolute atomic E-state index is 0. The molecule has 7 heteroatoms. The van der Waals surface area contributed by atoms with E-state index in [1.165, 1.54) is 4.70 Å². The average Bonchev–Trinajstić information content (AvgIpc) is 3.12. The number of aryl methyl sites for hydroxylation is 1. The predicted molar refractivity (Wildman–Crippen MR) is 101 cm³/mol. The van der Waals surface area contributed by atoms with Crippen LogP contribution in [0.3, 0.4) is 0 Å². The highest BCUT2D eigenvalue weighted by molar-refractivity contribution is 7.18. The average molecular weight is 376 g/mol. The second-order valence-corrected chi connectivity index (χ2v) is 6.66. The molecule has 0 aliphatic carbocycles. The monoisotopic (exact) mass is 375 g/mol. The lowest BCUT2D eigenvalue weighted by atomic mass is 10.2. The van der Waals surface area contributed by atoms with E-state index in [1.807, 2.05) is 23.1 Å². The summed E-state index contributed by atoms with van der Waals surface area (Å²) >= 11 is 1.73. The smallest absolute Gasteiger partial charge is 0.222 e. The van der Waals surface area contributed by atoms with Crippen LogP contribution in [0.5, 0.6) is 0 Å². The van der Waals surface area contributed by atoms with Gasteiger partial charge < -0.3 is 10.6 Å². The number of rotatable bonds is 5. The molecule has 23 heavy (non-hydrogen) atoms. The summed E-state index contributed by atoms with van der Waals surface area (Å²) in [5.41, 5.74) is 6.78. The van der Waals surface area contributed by atoms with E-state index in [0.717, 1.165) is 42.8 Å². The molecular formula is C16H23Cl2N3OS. The summed E-state index contributed by atoms with van der Waals surface area (Å²) in [4.78, 5) is 18.8. The number of nitrogens with zero attached hydrogens (tertiary/aromatic N) is 2. The third kappa shape index (κ3) is 4.80. The van der Waals surface area contributed by atoms with Crippen LogP contribution in [0.4, 0.5) is 0 Å². The Balaban J connectivity index is 0.00000132. The third-order valence-corrected chi connectivity index (χ3v) is 5.19. The molecule has 0 radical (unpaired) electrons. The number of aromatic nitrogens is 1. The van der Waals surface area contributed by atoms with Gasteiger partial charge in [0.15, 0.2) is 0 Å². The molecular weight excluding hydrogens is 353 g/mol. The van der Waals surface area contributed by atoms with Crippen molar-refractivity contribution in [3.05, 3.63) is 29.3 Å². The number of amides is 1. The fourth-order valence-corrected chi connectivity index (χ4v) is 3.98. The maximum absolute atomic E-state index is 12.2. The van der Waals surface area contributed by atoms with Crippen molar-refractivity contribution in [3.8, 4) is 0 Å². The van der Waals surface area contributed by atoms with E-state index in [0.29, 0.717) is 13.0 Å². The first-order chi connectivity index (χ1) is 10.3. The molecule has 0 saturated carbocycles. The van der Waals surface area contributed by atoms with E-state index in [4.69, 9.17) is 5.73 Å². The Morgan fingerprint density at radius 2 is 2.13 bits per heavy atom. The minimum Gasteiger partial charge on any atom is -0.338 e. The number of para-hydroxylation sites is 1. The highest BCUT2D eigenvalue weighted by Crippen LogP contribution is 2.23. The van der Waals surface area contributed by atoms with E-state index in [-0.39, 0.29) is 36.8 Å². The molecule has 0 spiro atoms. The Labute approximate surface area is 153 Å². The van der Waals surface area contributed by atoms with Crippen molar-refractivity contribution >= 4 is 52.3 Å². The summed E-state index contributed by atoms with van der Waals surface area (Å²) in [5, 5.41) is 1.13. The number of carbonyl (C=O) groups is 1. The zero-order chi connectivity index (χ0) is 14.7. The van der Waals surface area contributed by atoms with E-state index in [9.17, 15) is 4.79 Å². The molecule has 1 aromatic carbocycles. The number of halogens is 2. The van der Waals surface area contributed by atoms with Crippen molar-refractivity contribution in [1.82, 2.24) is 9.88 Å². The van der Waals surface area contributed by atoms with Crippen molar-refractivity contribution in [2.75, 3.05) is 13.1 Å². The van der Waals surface area contributed by atoms with Gasteiger partial charge in [0.25, 0.3) is 0 Å². The Bertz CT molecular complexity index is 602. The molecule has 1 saturated heterocycles. The molecule has 128 valence electrons. The van der Waals surface area contributed by atoms with Crippen molar-refractivity contribution in [3.63, 3.8) is 0 Å². The standard InChI is InChI=1S/C16H21N3OS.2ClH/c17-11-12-5-4-10-19(12)16(20)9-3-8-15-18-13-6-1-2-7-14(13)21-15;;/h1-2,6-7,12H,3-5,8-11,17H2;2*1H. The summed E-state index contributed by atoms with van der Waals surface area (Å²) in [5.74, 6) is 0.254. The SMILES string of the molecule is Cl.Cl.NCC1CCCN1C(=O)CCCc1nc2ccccc2s1. The van der Waals surface area contributed by atoms with Gasteiger partial charge in [-0.1, -0.05) is 12.1 Å². The van der Waals surface area contributed by atoms with Crippen molar-refractivity contribution in [2.45, 2.75) is 38.1 Å². The molecule has 1 fully saturated rings. The lowest BCUT2D eigenvalue weighted by Gasteiger charge is -2.23. The number of thiazole rings is 1. The first-order valence-corrected chi connectivity index (χ1v) is 8.43. The Kier molecular flexibility index (Phi) is 8.26. The van der Waals surface area contributed by atoms with E-state index in [2.05, 4.69) is 11.1 Å². The maximum atomic E-state index is 12.2. The summed E-state index contributed by atoms with van der Waals surface area (Å²) in [6.07, 6.45) is 4.50. The number of hydrogen-bond donors (Lipinski definition) is 1. The summed E-state index contributed by atoms with van der Waals surface area (Å²) in [6.45, 7) is 1.46. The van der Waals surface area contributed by atoms with E-state index >= 15 is 0 Å². The molecule has 3 rings (SSSR count). The predicted octanol–water partition coefficient (Wildman–Crippen LogP) is 3.41. The van der Waals surface area contributed by atoms with Crippen LogP contribution in [-0.2, 0) is 11.2 Å². The number of hydrogen-bond acceptors (Lipinski definition) is 4. The number of nitrogens with two attached hydrogens (primary N) is 1. The molecule has 1 unspecified atom stereocenters. The topological polar surface area (TPSA) is 59.2 Å². The molecule has 0 bridgehead atoms. The van der Waals surface area contributed by atoms with Crippen LogP contribution < -0.4 is 5.73 Å². The molecule has 1 aliphatic rings. The van der Waals surface area contributed by atoms with Crippen LogP contribution in [0.2, 0.25) is 0 Å². The van der Waals surface area contributed by atoms with Gasteiger partial charge in [0, 0.05) is 25.6 Å². The number of carbonyl (C=O) groups excluding carboxylic acids is 1. The molecule has 1 aromatic heterocycles. The van der Waals surface area contributed by atoms with Gasteiger partial charge in [0.05, 0.1) is 15.2 Å². The molecule has 1 atom stereocenters. The van der Waals surface area contributed by atoms with Crippen molar-refractivity contribution in [1.29, 1.82) is 0 Å². The van der Waals surface area contributed by atoms with E-state index in [1.54, 1.807) is 11.3 Å². The fraction of sp³-hybridized carbons (Fsp3) is 0.500. The summed E-state index contributed by atoms with van der Waals surface area (Å²) < 4.78 is 1.22. The van der Waals surface area contributed by atoms with Crippen LogP contribution in [0.15, 0.2) is 24.3 Å². The van der Waals surface area contributed by atoms with Gasteiger partial charge in [-0.25, -0.2) is 4.98 Å². The number of fused-ring (bicyclic) bond motifs is 1. The number of likely N-dealkylation sites (tertiary alicyclic amines) is 1. The van der Waals surface area contributed by atoms with Gasteiger partial charge in [-0.2, -0.15) is 0 Å². The highest BCUT2D eigenvalue weighted by atomic mass is 35.5. The van der Waals surface area contributed by atoms with Crippen LogP contribution in [0, 0.1) is 0 Å². The first-order valence-electron chi connectivity index (χ1n) is 7.62. The first kappa shape index (κ1) is 20.2. The molecule has 2 aromatic rings. The van der Waals surface area contributed by atoms with Crippen molar-refractivity contribution in [2.24, 2.45) is 5.73 Å². The van der Waals surface area contributed by atoms with Gasteiger partial charge in [-0.05, 0) is 37.8 Å². The van der Waals surface area contributed by atoms with Gasteiger partial charge >= 0.3 is 0 Å². The Morgan fingerprint density at radius 3 is 2.87 bits per heavy atom. The molecule has 4 nitrogen and oxygen atoms in total. The van der Waals surface area contributed by atoms with Crippen LogP contribution in [-0.4, -0.2) is 34.9 Å². The van der Waals surface area contributed by atoms with E-state index < -0.39 is 0 Å². The lowest BCUT2D eigenvalue weighted by Crippen LogP contribution is -2.39. The largest absolute Gasteiger partial charge is 0.338 e. The van der Waals surface area contributed by atoms with Crippen LogP contribution in [0.1, 0.15) is 30.7 Å². The molecule has 1 aliphatic heterocycles. The second-order valence-electron chi connectivity index (χ2n) is 5.55. The Hall–Kier alpha value is -0.880. The number of benzene rings is 1. The lowest BCUT2D eigenvalue weighted by molar-refractivity contribution is -0.131. The fourth-order valence-electron chi connectivity index (χ4n) is 2.97. The van der Waals surface area contributed by atoms with Gasteiger partial charge in [-0.15, -0.1) is 36.2 Å². The maximum Gasteiger partial charge on any atom is 0.222 e. The normalized spacial score (nSPS) is 16.9. The minimum atomic E-state index is 0. The Morgan fingerprint density at radius 1 is 1.35 bits per heavy atom. The van der Waals surface area contributed by atoms with Gasteiger partial charge in [0.1, 0.15) is 0 Å². The summed E-state index contributed by atoms with van der Waals surface area (Å²) in [7, 11) is 0. The van der Waals surface area contributed by atoms with Crippen molar-refractivity contribution < 1.29 is 4.79 Å². The third-order valence-electron chi connectivity index (χ3n) is 4.09. The second kappa shape index (κ2) is 9.42. The highest BCUT2D eigenvalue weighted by Gasteiger charge is 2.26. The summed E-state index contributed by atoms with van der Waals surface area (Å²) in [6, 6.07) is 8.44. The van der Waals surface area contributed by atoms with Gasteiger partial charge in [0.2, 0.25) is 5.91 Å². The van der Waals surface area contributed by atoms with Crippen LogP contribution >= 0.6 is 36.2 Å². The molecule has 2 heterocycles. The van der Waals surface area contributed by atoms with Gasteiger partial charge in [-0.3, -0.25) is 4.79 Å². The zero-order valence-corrected chi connectivity index (χ0v) is 15.4. The van der Waals surface area contributed by atoms with Crippen LogP contribution in [0.25, 0.3) is 10.2 Å². The molecule has 1 amide bonds. The molecule has 2 N–H and O–H groups in total. The quantitative estimate of drug-likeness (QED) is 0.870. The zero-order valence-electron chi connectivity index (χ0n) is 12.9.